The molecule has 0 saturated heterocycles. The molecule has 1 N–H and O–H groups in total. The summed E-state index contributed by atoms with van der Waals surface area (Å²) < 4.78 is 15.0. The molecule has 0 spiro atoms. The van der Waals surface area contributed by atoms with E-state index in [1.54, 1.807) is 37.3 Å². The lowest BCUT2D eigenvalue weighted by Gasteiger charge is -2.03. The molecule has 22 heavy (non-hydrogen) atoms. The van der Waals surface area contributed by atoms with Crippen molar-refractivity contribution in [3.8, 4) is 0 Å². The molecule has 116 valence electrons. The summed E-state index contributed by atoms with van der Waals surface area (Å²) >= 11 is 0. The number of aliphatic hydroxyl groups excluding tert-OH is 1. The third kappa shape index (κ3) is 3.53. The number of aliphatic hydroxyl groups is 1. The minimum absolute atomic E-state index is 0.0849. The van der Waals surface area contributed by atoms with E-state index in [0.717, 1.165) is 0 Å². The highest BCUT2D eigenvalue weighted by atomic mass is 16.6. The zero-order valence-electron chi connectivity index (χ0n) is 12.3. The zero-order chi connectivity index (χ0) is 16.1. The van der Waals surface area contributed by atoms with Gasteiger partial charge in [-0.15, -0.1) is 0 Å². The number of methoxy groups -OCH3 is 1. The highest BCUT2D eigenvalue weighted by Gasteiger charge is 2.17. The molecular formula is C16H16O6. The quantitative estimate of drug-likeness (QED) is 0.852. The second-order valence-electron chi connectivity index (χ2n) is 4.65. The lowest BCUT2D eigenvalue weighted by molar-refractivity contribution is 0.0438. The van der Waals surface area contributed by atoms with E-state index < -0.39 is 11.9 Å². The van der Waals surface area contributed by atoms with Gasteiger partial charge in [0.2, 0.25) is 5.76 Å². The van der Waals surface area contributed by atoms with Crippen LogP contribution in [0.4, 0.5) is 0 Å². The van der Waals surface area contributed by atoms with Crippen molar-refractivity contribution in [2.45, 2.75) is 20.1 Å². The van der Waals surface area contributed by atoms with E-state index in [-0.39, 0.29) is 19.0 Å². The summed E-state index contributed by atoms with van der Waals surface area (Å²) in [5, 5.41) is 8.95. The van der Waals surface area contributed by atoms with Crippen LogP contribution in [0.2, 0.25) is 0 Å². The Labute approximate surface area is 127 Å². The summed E-state index contributed by atoms with van der Waals surface area (Å²) in [6, 6.07) is 8.04. The molecule has 1 heterocycles. The van der Waals surface area contributed by atoms with Gasteiger partial charge in [-0.05, 0) is 30.7 Å². The molecule has 2 rings (SSSR count). The van der Waals surface area contributed by atoms with Gasteiger partial charge < -0.3 is 19.0 Å². The smallest absolute Gasteiger partial charge is 0.374 e. The number of hydrogen-bond donors (Lipinski definition) is 1. The largest absolute Gasteiger partial charge is 0.463 e. The van der Waals surface area contributed by atoms with Crippen LogP contribution in [0.25, 0.3) is 0 Å². The first kappa shape index (κ1) is 15.8. The SMILES string of the molecule is COC(=O)c1oc(COC(=O)c2ccc(CO)cc2)cc1C. The van der Waals surface area contributed by atoms with Crippen LogP contribution in [-0.2, 0) is 22.7 Å². The fourth-order valence-electron chi connectivity index (χ4n) is 1.88. The van der Waals surface area contributed by atoms with E-state index in [0.29, 0.717) is 22.5 Å². The molecular weight excluding hydrogens is 288 g/mol. The number of aryl methyl sites for hydroxylation is 1. The first-order chi connectivity index (χ1) is 10.5. The molecule has 0 aliphatic rings. The summed E-state index contributed by atoms with van der Waals surface area (Å²) in [7, 11) is 1.26. The van der Waals surface area contributed by atoms with Gasteiger partial charge >= 0.3 is 11.9 Å². The summed E-state index contributed by atoms with van der Waals surface area (Å²) in [6.07, 6.45) is 0. The van der Waals surface area contributed by atoms with Crippen LogP contribution in [0.15, 0.2) is 34.7 Å². The normalized spacial score (nSPS) is 10.3. The van der Waals surface area contributed by atoms with Crippen LogP contribution in [0.3, 0.4) is 0 Å². The minimum atomic E-state index is -0.574. The maximum Gasteiger partial charge on any atom is 0.374 e. The second-order valence-corrected chi connectivity index (χ2v) is 4.65. The lowest BCUT2D eigenvalue weighted by Crippen LogP contribution is -2.05. The first-order valence-electron chi connectivity index (χ1n) is 6.59. The first-order valence-corrected chi connectivity index (χ1v) is 6.59. The van der Waals surface area contributed by atoms with Gasteiger partial charge in [0, 0.05) is 5.56 Å². The molecule has 0 radical (unpaired) electrons. The summed E-state index contributed by atoms with van der Waals surface area (Å²) in [5.41, 5.74) is 1.69. The Morgan fingerprint density at radius 2 is 1.86 bits per heavy atom. The molecule has 0 atom stereocenters. The molecule has 0 unspecified atom stereocenters. The molecule has 0 aliphatic heterocycles. The van der Waals surface area contributed by atoms with E-state index in [2.05, 4.69) is 4.74 Å². The fraction of sp³-hybridized carbons (Fsp3) is 0.250. The summed E-state index contributed by atoms with van der Waals surface area (Å²) in [4.78, 5) is 23.3. The maximum absolute atomic E-state index is 11.9. The van der Waals surface area contributed by atoms with Crippen molar-refractivity contribution >= 4 is 11.9 Å². The van der Waals surface area contributed by atoms with E-state index in [9.17, 15) is 9.59 Å². The highest BCUT2D eigenvalue weighted by molar-refractivity contribution is 5.89. The molecule has 0 saturated carbocycles. The Kier molecular flexibility index (Phi) is 4.95. The number of carbonyl (C=O) groups excluding carboxylic acids is 2. The van der Waals surface area contributed by atoms with Crippen LogP contribution >= 0.6 is 0 Å². The van der Waals surface area contributed by atoms with E-state index in [4.69, 9.17) is 14.3 Å². The van der Waals surface area contributed by atoms with Gasteiger partial charge in [0.25, 0.3) is 0 Å². The molecule has 6 nitrogen and oxygen atoms in total. The Bertz CT molecular complexity index is 668. The van der Waals surface area contributed by atoms with Crippen LogP contribution < -0.4 is 0 Å². The second kappa shape index (κ2) is 6.91. The number of esters is 2. The minimum Gasteiger partial charge on any atom is -0.463 e. The molecule has 0 fully saturated rings. The molecule has 0 bridgehead atoms. The van der Waals surface area contributed by atoms with Crippen LogP contribution in [-0.4, -0.2) is 24.2 Å². The molecule has 2 aromatic rings. The number of ether oxygens (including phenoxy) is 2. The van der Waals surface area contributed by atoms with Gasteiger partial charge in [-0.25, -0.2) is 9.59 Å². The van der Waals surface area contributed by atoms with E-state index in [1.807, 2.05) is 0 Å². The average molecular weight is 304 g/mol. The lowest BCUT2D eigenvalue weighted by atomic mass is 10.1. The molecule has 6 heteroatoms. The van der Waals surface area contributed by atoms with Gasteiger partial charge in [0.05, 0.1) is 19.3 Å². The van der Waals surface area contributed by atoms with E-state index >= 15 is 0 Å². The molecule has 0 aliphatic carbocycles. The highest BCUT2D eigenvalue weighted by Crippen LogP contribution is 2.17. The standard InChI is InChI=1S/C16H16O6/c1-10-7-13(22-14(10)16(19)20-2)9-21-15(18)12-5-3-11(8-17)4-6-12/h3-7,17H,8-9H2,1-2H3. The number of carbonyl (C=O) groups is 2. The van der Waals surface area contributed by atoms with Crippen molar-refractivity contribution in [1.82, 2.24) is 0 Å². The van der Waals surface area contributed by atoms with Crippen molar-refractivity contribution in [3.63, 3.8) is 0 Å². The molecule has 1 aromatic heterocycles. The fourth-order valence-corrected chi connectivity index (χ4v) is 1.88. The van der Waals surface area contributed by atoms with Crippen LogP contribution in [0, 0.1) is 6.92 Å². The monoisotopic (exact) mass is 304 g/mol. The average Bonchev–Trinajstić information content (AvgIpc) is 2.92. The third-order valence-corrected chi connectivity index (χ3v) is 3.06. The predicted molar refractivity (Wildman–Crippen MR) is 76.3 cm³/mol. The third-order valence-electron chi connectivity index (χ3n) is 3.06. The van der Waals surface area contributed by atoms with E-state index in [1.165, 1.54) is 7.11 Å². The van der Waals surface area contributed by atoms with Gasteiger partial charge in [0.15, 0.2) is 0 Å². The van der Waals surface area contributed by atoms with Crippen molar-refractivity contribution in [1.29, 1.82) is 0 Å². The Balaban J connectivity index is 2.00. The van der Waals surface area contributed by atoms with Gasteiger partial charge in [-0.3, -0.25) is 0 Å². The number of furan rings is 1. The Hall–Kier alpha value is -2.60. The Morgan fingerprint density at radius 3 is 2.45 bits per heavy atom. The summed E-state index contributed by atoms with van der Waals surface area (Å²) in [6.45, 7) is 1.53. The van der Waals surface area contributed by atoms with Crippen LogP contribution in [0.1, 0.15) is 37.8 Å². The zero-order valence-corrected chi connectivity index (χ0v) is 12.3. The van der Waals surface area contributed by atoms with Crippen molar-refractivity contribution in [2.75, 3.05) is 7.11 Å². The Morgan fingerprint density at radius 1 is 1.18 bits per heavy atom. The predicted octanol–water partition coefficient (Wildman–Crippen LogP) is 2.22. The van der Waals surface area contributed by atoms with Crippen molar-refractivity contribution in [3.05, 3.63) is 58.5 Å². The van der Waals surface area contributed by atoms with Crippen molar-refractivity contribution < 1.29 is 28.6 Å². The van der Waals surface area contributed by atoms with Crippen molar-refractivity contribution in [2.24, 2.45) is 0 Å². The maximum atomic E-state index is 11.9. The molecule has 1 aromatic carbocycles. The van der Waals surface area contributed by atoms with Gasteiger partial charge in [-0.1, -0.05) is 12.1 Å². The van der Waals surface area contributed by atoms with Crippen LogP contribution in [0.5, 0.6) is 0 Å². The van der Waals surface area contributed by atoms with Gasteiger partial charge in [-0.2, -0.15) is 0 Å². The topological polar surface area (TPSA) is 86.0 Å². The number of hydrogen-bond acceptors (Lipinski definition) is 6. The number of benzene rings is 1. The molecule has 0 amide bonds. The van der Waals surface area contributed by atoms with Gasteiger partial charge in [0.1, 0.15) is 12.4 Å². The number of rotatable bonds is 5. The summed E-state index contributed by atoms with van der Waals surface area (Å²) in [5.74, 6) is -0.632.